The quantitative estimate of drug-likeness (QED) is 0.658. The molecule has 0 bridgehead atoms. The van der Waals surface area contributed by atoms with Gasteiger partial charge in [-0.25, -0.2) is 4.39 Å². The van der Waals surface area contributed by atoms with Gasteiger partial charge < -0.3 is 14.5 Å². The van der Waals surface area contributed by atoms with E-state index < -0.39 is 0 Å². The molecule has 3 nitrogen and oxygen atoms in total. The second-order valence-corrected chi connectivity index (χ2v) is 5.72. The van der Waals surface area contributed by atoms with E-state index in [-0.39, 0.29) is 12.4 Å². The van der Waals surface area contributed by atoms with Crippen LogP contribution in [0.1, 0.15) is 16.9 Å². The third-order valence-electron chi connectivity index (χ3n) is 3.58. The van der Waals surface area contributed by atoms with Crippen molar-refractivity contribution >= 4 is 11.6 Å². The lowest BCUT2D eigenvalue weighted by molar-refractivity contribution is 0.300. The van der Waals surface area contributed by atoms with Gasteiger partial charge in [-0.3, -0.25) is 0 Å². The predicted octanol–water partition coefficient (Wildman–Crippen LogP) is 4.94. The molecule has 0 saturated carbocycles. The van der Waals surface area contributed by atoms with E-state index in [1.165, 1.54) is 6.07 Å². The van der Waals surface area contributed by atoms with Crippen molar-refractivity contribution in [1.82, 2.24) is 5.32 Å². The first-order valence-electron chi connectivity index (χ1n) is 7.60. The van der Waals surface area contributed by atoms with Crippen molar-refractivity contribution in [2.45, 2.75) is 19.7 Å². The number of benzene rings is 2. The van der Waals surface area contributed by atoms with Gasteiger partial charge in [0, 0.05) is 12.1 Å². The fraction of sp³-hybridized carbons (Fsp3) is 0.158. The molecule has 0 amide bonds. The van der Waals surface area contributed by atoms with E-state index in [1.54, 1.807) is 18.4 Å². The molecule has 1 heterocycles. The van der Waals surface area contributed by atoms with Crippen LogP contribution in [0.15, 0.2) is 65.3 Å². The molecule has 24 heavy (non-hydrogen) atoms. The van der Waals surface area contributed by atoms with Crippen molar-refractivity contribution < 1.29 is 13.5 Å². The summed E-state index contributed by atoms with van der Waals surface area (Å²) in [7, 11) is 0. The van der Waals surface area contributed by atoms with Crippen molar-refractivity contribution in [1.29, 1.82) is 0 Å². The summed E-state index contributed by atoms with van der Waals surface area (Å²) in [5, 5.41) is 3.66. The summed E-state index contributed by atoms with van der Waals surface area (Å²) in [6.45, 7) is 1.50. The molecule has 0 unspecified atom stereocenters. The molecule has 1 N–H and O–H groups in total. The third-order valence-corrected chi connectivity index (χ3v) is 3.93. The zero-order chi connectivity index (χ0) is 16.8. The highest BCUT2D eigenvalue weighted by Gasteiger charge is 2.07. The number of furan rings is 1. The molecule has 0 spiro atoms. The van der Waals surface area contributed by atoms with Crippen LogP contribution in [0.2, 0.25) is 5.02 Å². The smallest absolute Gasteiger partial charge is 0.131 e. The molecule has 0 radical (unpaired) electrons. The fourth-order valence-corrected chi connectivity index (χ4v) is 2.49. The van der Waals surface area contributed by atoms with Gasteiger partial charge in [0.25, 0.3) is 0 Å². The minimum Gasteiger partial charge on any atom is -0.489 e. The molecule has 0 aliphatic heterocycles. The summed E-state index contributed by atoms with van der Waals surface area (Å²) >= 11 is 5.98. The topological polar surface area (TPSA) is 34.4 Å². The first-order chi connectivity index (χ1) is 11.7. The summed E-state index contributed by atoms with van der Waals surface area (Å²) in [6, 6.07) is 16.0. The Bertz CT molecular complexity index is 752. The van der Waals surface area contributed by atoms with E-state index in [2.05, 4.69) is 5.32 Å². The highest BCUT2D eigenvalue weighted by atomic mass is 35.5. The molecule has 0 fully saturated rings. The maximum Gasteiger partial charge on any atom is 0.131 e. The van der Waals surface area contributed by atoms with Crippen molar-refractivity contribution in [3.05, 3.63) is 88.6 Å². The fourth-order valence-electron chi connectivity index (χ4n) is 2.27. The second-order valence-electron chi connectivity index (χ2n) is 5.32. The number of halogens is 2. The highest BCUT2D eigenvalue weighted by Crippen LogP contribution is 2.21. The standard InChI is InChI=1S/C19H17ClFNO2/c20-18-4-1-5-19(21)17(18)13-24-15-8-6-14(7-9-15)11-22-12-16-3-2-10-23-16/h1-10,22H,11-13H2. The Labute approximate surface area is 145 Å². The Morgan fingerprint density at radius 2 is 1.83 bits per heavy atom. The molecule has 0 saturated heterocycles. The van der Waals surface area contributed by atoms with Crippen LogP contribution in [0.25, 0.3) is 0 Å². The van der Waals surface area contributed by atoms with Crippen LogP contribution >= 0.6 is 11.6 Å². The molecular weight excluding hydrogens is 329 g/mol. The summed E-state index contributed by atoms with van der Waals surface area (Å²) in [4.78, 5) is 0. The zero-order valence-electron chi connectivity index (χ0n) is 13.0. The first kappa shape index (κ1) is 16.6. The van der Waals surface area contributed by atoms with Crippen LogP contribution in [0.3, 0.4) is 0 Å². The van der Waals surface area contributed by atoms with Crippen LogP contribution in [-0.4, -0.2) is 0 Å². The highest BCUT2D eigenvalue weighted by molar-refractivity contribution is 6.31. The molecule has 3 rings (SSSR count). The Balaban J connectivity index is 1.51. The van der Waals surface area contributed by atoms with Crippen LogP contribution in [0, 0.1) is 5.82 Å². The van der Waals surface area contributed by atoms with Gasteiger partial charge in [-0.2, -0.15) is 0 Å². The molecular formula is C19H17ClFNO2. The molecule has 0 atom stereocenters. The van der Waals surface area contributed by atoms with Crippen molar-refractivity contribution in [3.63, 3.8) is 0 Å². The normalized spacial score (nSPS) is 10.8. The van der Waals surface area contributed by atoms with Crippen LogP contribution in [-0.2, 0) is 19.7 Å². The number of nitrogens with one attached hydrogen (secondary N) is 1. The summed E-state index contributed by atoms with van der Waals surface area (Å²) in [5.41, 5.74) is 1.49. The Morgan fingerprint density at radius 1 is 1.00 bits per heavy atom. The lowest BCUT2D eigenvalue weighted by Crippen LogP contribution is -2.11. The molecule has 0 aliphatic rings. The molecule has 5 heteroatoms. The van der Waals surface area contributed by atoms with Gasteiger partial charge in [0.15, 0.2) is 0 Å². The minimum atomic E-state index is -0.360. The summed E-state index contributed by atoms with van der Waals surface area (Å²) in [6.07, 6.45) is 1.66. The van der Waals surface area contributed by atoms with Crippen LogP contribution < -0.4 is 10.1 Å². The lowest BCUT2D eigenvalue weighted by atomic mass is 10.2. The van der Waals surface area contributed by atoms with Crippen molar-refractivity contribution in [2.75, 3.05) is 0 Å². The van der Waals surface area contributed by atoms with E-state index in [4.69, 9.17) is 20.8 Å². The minimum absolute atomic E-state index is 0.0988. The number of hydrogen-bond acceptors (Lipinski definition) is 3. The number of rotatable bonds is 7. The Morgan fingerprint density at radius 3 is 2.54 bits per heavy atom. The molecule has 124 valence electrons. The molecule has 2 aromatic carbocycles. The van der Waals surface area contributed by atoms with Gasteiger partial charge >= 0.3 is 0 Å². The van der Waals surface area contributed by atoms with Crippen LogP contribution in [0.5, 0.6) is 5.75 Å². The van der Waals surface area contributed by atoms with Crippen molar-refractivity contribution in [2.24, 2.45) is 0 Å². The number of ether oxygens (including phenoxy) is 1. The summed E-state index contributed by atoms with van der Waals surface area (Å²) < 4.78 is 24.6. The number of hydrogen-bond donors (Lipinski definition) is 1. The largest absolute Gasteiger partial charge is 0.489 e. The van der Waals surface area contributed by atoms with E-state index in [1.807, 2.05) is 36.4 Å². The average molecular weight is 346 g/mol. The molecule has 3 aromatic rings. The van der Waals surface area contributed by atoms with Crippen LogP contribution in [0.4, 0.5) is 4.39 Å². The Hall–Kier alpha value is -2.30. The second kappa shape index (κ2) is 7.99. The van der Waals surface area contributed by atoms with Gasteiger partial charge in [0.1, 0.15) is 23.9 Å². The van der Waals surface area contributed by atoms with E-state index in [0.717, 1.165) is 17.9 Å². The van der Waals surface area contributed by atoms with Gasteiger partial charge in [-0.1, -0.05) is 29.8 Å². The monoisotopic (exact) mass is 345 g/mol. The average Bonchev–Trinajstić information content (AvgIpc) is 3.09. The predicted molar refractivity (Wildman–Crippen MR) is 91.4 cm³/mol. The third kappa shape index (κ3) is 4.37. The van der Waals surface area contributed by atoms with E-state index >= 15 is 0 Å². The summed E-state index contributed by atoms with van der Waals surface area (Å²) in [5.74, 6) is 1.21. The maximum absolute atomic E-state index is 13.7. The van der Waals surface area contributed by atoms with Gasteiger partial charge in [0.05, 0.1) is 17.8 Å². The van der Waals surface area contributed by atoms with Gasteiger partial charge in [0.2, 0.25) is 0 Å². The van der Waals surface area contributed by atoms with Crippen molar-refractivity contribution in [3.8, 4) is 5.75 Å². The SMILES string of the molecule is Fc1cccc(Cl)c1COc1ccc(CNCc2ccco2)cc1. The first-order valence-corrected chi connectivity index (χ1v) is 7.98. The Kier molecular flexibility index (Phi) is 5.51. The maximum atomic E-state index is 13.7. The van der Waals surface area contributed by atoms with Gasteiger partial charge in [-0.15, -0.1) is 0 Å². The lowest BCUT2D eigenvalue weighted by Gasteiger charge is -2.09. The molecule has 1 aromatic heterocycles. The van der Waals surface area contributed by atoms with E-state index in [9.17, 15) is 4.39 Å². The van der Waals surface area contributed by atoms with E-state index in [0.29, 0.717) is 22.9 Å². The molecule has 0 aliphatic carbocycles. The van der Waals surface area contributed by atoms with Gasteiger partial charge in [-0.05, 0) is 42.0 Å². The zero-order valence-corrected chi connectivity index (χ0v) is 13.7.